The number of nitrogen functional groups attached to an aromatic ring is 1. The minimum Gasteiger partial charge on any atom is -0.475 e. The molecule has 0 radical (unpaired) electrons. The minimum atomic E-state index is -5.08. The molecular weight excluding hydrogens is 711 g/mol. The van der Waals surface area contributed by atoms with Crippen molar-refractivity contribution in [2.45, 2.75) is 79.6 Å². The number of anilines is 2. The van der Waals surface area contributed by atoms with Crippen molar-refractivity contribution in [2.24, 2.45) is 10.9 Å². The molecule has 0 aliphatic rings. The normalized spacial score (nSPS) is 10.7. The van der Waals surface area contributed by atoms with Crippen LogP contribution in [0, 0.1) is 5.82 Å². The fraction of sp³-hybridized carbons (Fsp3) is 0.375. The van der Waals surface area contributed by atoms with Crippen LogP contribution < -0.4 is 32.5 Å². The summed E-state index contributed by atoms with van der Waals surface area (Å²) in [6, 6.07) is 5.02. The Balaban J connectivity index is 0.00000172. The maximum atomic E-state index is 14.5. The smallest absolute Gasteiger partial charge is 0.475 e. The van der Waals surface area contributed by atoms with E-state index in [1.54, 1.807) is 13.8 Å². The summed E-state index contributed by atoms with van der Waals surface area (Å²) in [6.45, 7) is 12.8. The summed E-state index contributed by atoms with van der Waals surface area (Å²) < 4.78 is 87.5. The van der Waals surface area contributed by atoms with E-state index in [-0.39, 0.29) is 59.0 Å². The van der Waals surface area contributed by atoms with E-state index in [4.69, 9.17) is 26.2 Å². The number of alkyl halides is 6. The zero-order chi connectivity index (χ0) is 40.6. The van der Waals surface area contributed by atoms with Crippen molar-refractivity contribution in [1.82, 2.24) is 14.9 Å². The third-order valence-corrected chi connectivity index (χ3v) is 5.69. The number of nitrogens with one attached hydrogen (secondary N) is 2. The molecule has 1 amide bonds. The number of nitrogens with zero attached hydrogens (tertiary/aromatic N) is 3. The molecule has 0 unspecified atom stereocenters. The van der Waals surface area contributed by atoms with Crippen molar-refractivity contribution < 1.29 is 55.1 Å². The molecule has 3 aromatic rings. The Bertz CT molecular complexity index is 1740. The number of aromatic nitrogens is 2. The highest BCUT2D eigenvalue weighted by molar-refractivity contribution is 5.77. The molecule has 3 rings (SSSR count). The maximum absolute atomic E-state index is 14.5. The van der Waals surface area contributed by atoms with E-state index in [0.29, 0.717) is 5.56 Å². The molecule has 2 aromatic carbocycles. The summed E-state index contributed by atoms with van der Waals surface area (Å²) in [7, 11) is 0. The number of halogens is 7. The van der Waals surface area contributed by atoms with Gasteiger partial charge in [-0.1, -0.05) is 19.0 Å². The first-order chi connectivity index (χ1) is 24.0. The van der Waals surface area contributed by atoms with Crippen molar-refractivity contribution in [1.29, 1.82) is 0 Å². The molecule has 20 heteroatoms. The number of Topliss-reactive ketones (excluding diaryl/α,β-unsaturated/α-hetero) is 1. The van der Waals surface area contributed by atoms with Crippen LogP contribution >= 0.6 is 0 Å². The number of hydrogen-bond donors (Lipinski definition) is 5. The lowest BCUT2D eigenvalue weighted by molar-refractivity contribution is -0.192. The Morgan fingerprint density at radius 3 is 2.06 bits per heavy atom. The van der Waals surface area contributed by atoms with E-state index >= 15 is 0 Å². The quantitative estimate of drug-likeness (QED) is 0.0762. The van der Waals surface area contributed by atoms with Gasteiger partial charge in [-0.05, 0) is 58.0 Å². The summed E-state index contributed by atoms with van der Waals surface area (Å²) >= 11 is 0. The standard InChI is InChI=1S/C25H27F4N7O3.C3H6O.C2HF3O2.C2H6/c1-13(2)35-23-24(38)36(20(11-34-23)14-4-17(25(27,28)29)8-18(31)5-14)12-22(37)33-10-16-7-21(39-32-3)15(9-30)6-19(16)26;1-3(2)4;3-2(4,5)1(6)7;1-2/h4-8,11,13H,3,9-10,12,30-31H2,1-2H3,(H,33,37)(H,34,35);1-2H3;(H,6,7);1-2H3. The number of nitrogens with two attached hydrogens (primary N) is 2. The Labute approximate surface area is 293 Å². The van der Waals surface area contributed by atoms with Gasteiger partial charge in [0, 0.05) is 48.2 Å². The molecule has 52 heavy (non-hydrogen) atoms. The van der Waals surface area contributed by atoms with Gasteiger partial charge in [0.05, 0.1) is 17.5 Å². The summed E-state index contributed by atoms with van der Waals surface area (Å²) in [5, 5.41) is 15.8. The van der Waals surface area contributed by atoms with Gasteiger partial charge < -0.3 is 36.8 Å². The first-order valence-corrected chi connectivity index (χ1v) is 15.0. The largest absolute Gasteiger partial charge is 0.490 e. The molecule has 0 spiro atoms. The van der Waals surface area contributed by atoms with Gasteiger partial charge in [0.25, 0.3) is 5.56 Å². The highest BCUT2D eigenvalue weighted by Gasteiger charge is 2.38. The third-order valence-electron chi connectivity index (χ3n) is 5.69. The number of rotatable bonds is 10. The maximum Gasteiger partial charge on any atom is 0.490 e. The number of carboxylic acid groups (broad SMARTS) is 1. The van der Waals surface area contributed by atoms with Crippen molar-refractivity contribution >= 4 is 35.9 Å². The molecule has 288 valence electrons. The number of amides is 1. The molecule has 13 nitrogen and oxygen atoms in total. The molecule has 1 aromatic heterocycles. The van der Waals surface area contributed by atoms with E-state index in [1.807, 2.05) is 13.8 Å². The third kappa shape index (κ3) is 15.6. The summed E-state index contributed by atoms with van der Waals surface area (Å²) in [5.74, 6) is -3.95. The topological polar surface area (TPSA) is 204 Å². The molecule has 0 atom stereocenters. The van der Waals surface area contributed by atoms with Crippen molar-refractivity contribution in [3.63, 3.8) is 0 Å². The molecule has 0 aliphatic carbocycles. The van der Waals surface area contributed by atoms with Gasteiger partial charge in [-0.2, -0.15) is 26.3 Å². The predicted molar refractivity (Wildman–Crippen MR) is 180 cm³/mol. The van der Waals surface area contributed by atoms with Crippen molar-refractivity contribution in [2.75, 3.05) is 11.1 Å². The van der Waals surface area contributed by atoms with E-state index in [0.717, 1.165) is 22.8 Å². The zero-order valence-corrected chi connectivity index (χ0v) is 29.0. The van der Waals surface area contributed by atoms with Crippen LogP contribution in [0.15, 0.2) is 46.5 Å². The molecule has 0 saturated heterocycles. The molecular formula is C32H40F7N7O6. The first-order valence-electron chi connectivity index (χ1n) is 15.0. The Morgan fingerprint density at radius 2 is 1.60 bits per heavy atom. The van der Waals surface area contributed by atoms with Gasteiger partial charge >= 0.3 is 18.3 Å². The highest BCUT2D eigenvalue weighted by atomic mass is 19.4. The van der Waals surface area contributed by atoms with Gasteiger partial charge in [-0.15, -0.1) is 0 Å². The predicted octanol–water partition coefficient (Wildman–Crippen LogP) is 5.50. The Kier molecular flexibility index (Phi) is 18.7. The second kappa shape index (κ2) is 21.0. The van der Waals surface area contributed by atoms with Gasteiger partial charge in [-0.25, -0.2) is 14.2 Å². The second-order valence-corrected chi connectivity index (χ2v) is 10.5. The monoisotopic (exact) mass is 751 g/mol. The Hall–Kier alpha value is -5.53. The number of carboxylic acids is 1. The first kappa shape index (κ1) is 46.5. The SMILES string of the molecule is C=NOc1cc(CNC(=O)Cn2c(-c3cc(N)cc(C(F)(F)F)c3)cnc(NC(C)C)c2=O)c(F)cc1CN.CC.CC(C)=O.O=C(O)C(F)(F)F. The molecule has 0 bridgehead atoms. The van der Waals surface area contributed by atoms with Crippen molar-refractivity contribution in [3.8, 4) is 17.0 Å². The number of carbonyl (C=O) groups excluding carboxylic acids is 2. The molecule has 1 heterocycles. The van der Waals surface area contributed by atoms with Gasteiger partial charge in [0.2, 0.25) is 5.91 Å². The van der Waals surface area contributed by atoms with E-state index in [1.165, 1.54) is 32.2 Å². The Morgan fingerprint density at radius 1 is 1.04 bits per heavy atom. The molecule has 0 saturated carbocycles. The van der Waals surface area contributed by atoms with Crippen LogP contribution in [0.25, 0.3) is 11.3 Å². The van der Waals surface area contributed by atoms with Gasteiger partial charge in [0.15, 0.2) is 11.6 Å². The number of carbonyl (C=O) groups is 3. The minimum absolute atomic E-state index is 0.0328. The van der Waals surface area contributed by atoms with E-state index in [9.17, 15) is 45.1 Å². The van der Waals surface area contributed by atoms with Crippen molar-refractivity contribution in [3.05, 3.63) is 69.4 Å². The average molecular weight is 752 g/mol. The fourth-order valence-corrected chi connectivity index (χ4v) is 3.69. The second-order valence-electron chi connectivity index (χ2n) is 10.5. The van der Waals surface area contributed by atoms with Crippen LogP contribution in [-0.4, -0.2) is 51.3 Å². The average Bonchev–Trinajstić information content (AvgIpc) is 3.02. The number of hydrogen-bond acceptors (Lipinski definition) is 10. The lowest BCUT2D eigenvalue weighted by Crippen LogP contribution is -2.35. The lowest BCUT2D eigenvalue weighted by atomic mass is 10.1. The molecule has 0 fully saturated rings. The summed E-state index contributed by atoms with van der Waals surface area (Å²) in [5.41, 5.74) is 9.51. The molecule has 7 N–H and O–H groups in total. The summed E-state index contributed by atoms with van der Waals surface area (Å²) in [4.78, 5) is 53.5. The number of aliphatic carboxylic acids is 1. The van der Waals surface area contributed by atoms with Crippen LogP contribution in [0.1, 0.15) is 58.2 Å². The highest BCUT2D eigenvalue weighted by Crippen LogP contribution is 2.34. The summed E-state index contributed by atoms with van der Waals surface area (Å²) in [6.07, 6.45) is -8.61. The number of oxime groups is 1. The lowest BCUT2D eigenvalue weighted by Gasteiger charge is -2.17. The zero-order valence-electron chi connectivity index (χ0n) is 29.0. The van der Waals surface area contributed by atoms with Crippen LogP contribution in [0.3, 0.4) is 0 Å². The van der Waals surface area contributed by atoms with Crippen LogP contribution in [0.4, 0.5) is 42.2 Å². The number of ketones is 1. The van der Waals surface area contributed by atoms with Crippen LogP contribution in [-0.2, 0) is 40.2 Å². The fourth-order valence-electron chi connectivity index (χ4n) is 3.69. The van der Waals surface area contributed by atoms with E-state index < -0.39 is 47.7 Å². The van der Waals surface area contributed by atoms with Gasteiger partial charge in [0.1, 0.15) is 18.1 Å². The van der Waals surface area contributed by atoms with E-state index in [2.05, 4.69) is 27.5 Å². The van der Waals surface area contributed by atoms with Crippen LogP contribution in [0.2, 0.25) is 0 Å². The number of benzene rings is 2. The molecule has 0 aliphatic heterocycles. The van der Waals surface area contributed by atoms with Crippen LogP contribution in [0.5, 0.6) is 5.75 Å². The van der Waals surface area contributed by atoms with Gasteiger partial charge in [-0.3, -0.25) is 14.2 Å².